The summed E-state index contributed by atoms with van der Waals surface area (Å²) in [5, 5.41) is 10.3. The maximum Gasteiger partial charge on any atom is 0.264 e. The third kappa shape index (κ3) is 4.14. The van der Waals surface area contributed by atoms with Crippen LogP contribution in [0.2, 0.25) is 0 Å². The molecule has 1 aliphatic heterocycles. The summed E-state index contributed by atoms with van der Waals surface area (Å²) < 4.78 is 5.18. The van der Waals surface area contributed by atoms with Crippen molar-refractivity contribution in [3.63, 3.8) is 0 Å². The highest BCUT2D eigenvalue weighted by Gasteiger charge is 2.23. The van der Waals surface area contributed by atoms with Gasteiger partial charge in [-0.15, -0.1) is 0 Å². The monoisotopic (exact) mass is 328 g/mol. The number of nitrogens with one attached hydrogen (secondary N) is 2. The largest absolute Gasteiger partial charge is 0.497 e. The van der Waals surface area contributed by atoms with Crippen LogP contribution >= 0.6 is 0 Å². The molecule has 1 aromatic heterocycles. The number of aromatic amines is 1. The highest BCUT2D eigenvalue weighted by molar-refractivity contribution is 5.38. The summed E-state index contributed by atoms with van der Waals surface area (Å²) in [6.45, 7) is 2.70. The van der Waals surface area contributed by atoms with Crippen molar-refractivity contribution in [1.82, 2.24) is 15.5 Å². The molecule has 0 aliphatic carbocycles. The highest BCUT2D eigenvalue weighted by atomic mass is 16.5. The second kappa shape index (κ2) is 7.97. The molecule has 2 N–H and O–H groups in total. The van der Waals surface area contributed by atoms with Crippen molar-refractivity contribution in [2.24, 2.45) is 0 Å². The van der Waals surface area contributed by atoms with Gasteiger partial charge in [0.05, 0.1) is 7.11 Å². The molecule has 3 rings (SSSR count). The van der Waals surface area contributed by atoms with Gasteiger partial charge in [-0.05, 0) is 43.0 Å². The zero-order chi connectivity index (χ0) is 16.8. The van der Waals surface area contributed by atoms with Crippen molar-refractivity contribution in [1.29, 1.82) is 0 Å². The van der Waals surface area contributed by atoms with Crippen molar-refractivity contribution >= 4 is 5.82 Å². The number of ether oxygens (including phenoxy) is 1. The molecule has 1 aliphatic rings. The van der Waals surface area contributed by atoms with Crippen LogP contribution in [0.5, 0.6) is 5.75 Å². The fourth-order valence-corrected chi connectivity index (χ4v) is 3.14. The number of nitrogens with zero attached hydrogens (tertiary/aromatic N) is 2. The van der Waals surface area contributed by atoms with Crippen LogP contribution in [0.1, 0.15) is 24.8 Å². The maximum atomic E-state index is 11.2. The highest BCUT2D eigenvalue weighted by Crippen LogP contribution is 2.21. The minimum absolute atomic E-state index is 0.162. The molecule has 2 aromatic rings. The summed E-state index contributed by atoms with van der Waals surface area (Å²) in [7, 11) is 1.68. The smallest absolute Gasteiger partial charge is 0.264 e. The molecule has 2 heterocycles. The lowest BCUT2D eigenvalue weighted by Crippen LogP contribution is -2.46. The van der Waals surface area contributed by atoms with E-state index in [-0.39, 0.29) is 5.56 Å². The molecular formula is C18H24N4O2. The summed E-state index contributed by atoms with van der Waals surface area (Å²) in [5.74, 6) is 1.73. The van der Waals surface area contributed by atoms with Gasteiger partial charge in [-0.1, -0.05) is 12.1 Å². The standard InChI is InChI=1S/C18H24N4O2/c1-24-16-7-5-14(6-8-16)12-19-13-15-4-2-3-11-22(15)17-9-10-18(23)21-20-17/h5-10,15,19H,2-4,11-13H2,1H3,(H,21,23). The van der Waals surface area contributed by atoms with Gasteiger partial charge >= 0.3 is 0 Å². The number of aromatic nitrogens is 2. The van der Waals surface area contributed by atoms with Gasteiger partial charge in [0.15, 0.2) is 0 Å². The molecule has 1 atom stereocenters. The molecule has 1 fully saturated rings. The second-order valence-electron chi connectivity index (χ2n) is 6.10. The van der Waals surface area contributed by atoms with E-state index in [0.29, 0.717) is 6.04 Å². The minimum atomic E-state index is -0.162. The first kappa shape index (κ1) is 16.5. The number of hydrogen-bond acceptors (Lipinski definition) is 5. The van der Waals surface area contributed by atoms with Crippen LogP contribution in [0, 0.1) is 0 Å². The van der Waals surface area contributed by atoms with Crippen LogP contribution in [-0.4, -0.2) is 36.4 Å². The Hall–Kier alpha value is -2.34. The van der Waals surface area contributed by atoms with Gasteiger partial charge in [0.2, 0.25) is 0 Å². The number of rotatable bonds is 6. The van der Waals surface area contributed by atoms with E-state index in [2.05, 4.69) is 32.5 Å². The van der Waals surface area contributed by atoms with Gasteiger partial charge in [-0.3, -0.25) is 4.79 Å². The molecule has 0 saturated carbocycles. The fourth-order valence-electron chi connectivity index (χ4n) is 3.14. The summed E-state index contributed by atoms with van der Waals surface area (Å²) in [6.07, 6.45) is 3.53. The summed E-state index contributed by atoms with van der Waals surface area (Å²) in [5.41, 5.74) is 1.07. The van der Waals surface area contributed by atoms with E-state index >= 15 is 0 Å². The molecule has 6 nitrogen and oxygen atoms in total. The van der Waals surface area contributed by atoms with Crippen LogP contribution in [0.15, 0.2) is 41.2 Å². The Labute approximate surface area is 141 Å². The van der Waals surface area contributed by atoms with Crippen LogP contribution in [0.25, 0.3) is 0 Å². The van der Waals surface area contributed by atoms with Crippen LogP contribution < -0.4 is 20.5 Å². The SMILES string of the molecule is COc1ccc(CNCC2CCCCN2c2ccc(=O)[nH]n2)cc1. The van der Waals surface area contributed by atoms with Crippen LogP contribution in [0.4, 0.5) is 5.82 Å². The molecule has 128 valence electrons. The van der Waals surface area contributed by atoms with Gasteiger partial charge in [-0.25, -0.2) is 5.10 Å². The first-order valence-electron chi connectivity index (χ1n) is 8.42. The van der Waals surface area contributed by atoms with Crippen molar-refractivity contribution in [3.05, 3.63) is 52.3 Å². The topological polar surface area (TPSA) is 70.2 Å². The van der Waals surface area contributed by atoms with Gasteiger partial charge in [0.25, 0.3) is 5.56 Å². The number of methoxy groups -OCH3 is 1. The average molecular weight is 328 g/mol. The third-order valence-corrected chi connectivity index (χ3v) is 4.45. The number of benzene rings is 1. The number of piperidine rings is 1. The molecule has 0 radical (unpaired) electrons. The minimum Gasteiger partial charge on any atom is -0.497 e. The van der Waals surface area contributed by atoms with Crippen molar-refractivity contribution in [3.8, 4) is 5.75 Å². The second-order valence-corrected chi connectivity index (χ2v) is 6.10. The lowest BCUT2D eigenvalue weighted by molar-refractivity contribution is 0.414. The van der Waals surface area contributed by atoms with E-state index in [4.69, 9.17) is 4.74 Å². The first-order chi connectivity index (χ1) is 11.8. The number of hydrogen-bond donors (Lipinski definition) is 2. The van der Waals surface area contributed by atoms with Crippen LogP contribution in [-0.2, 0) is 6.54 Å². The Balaban J connectivity index is 1.57. The molecule has 0 bridgehead atoms. The van der Waals surface area contributed by atoms with E-state index in [9.17, 15) is 4.79 Å². The van der Waals surface area contributed by atoms with Crippen molar-refractivity contribution in [2.75, 3.05) is 25.1 Å². The summed E-state index contributed by atoms with van der Waals surface area (Å²) in [6, 6.07) is 11.9. The number of H-pyrrole nitrogens is 1. The van der Waals surface area contributed by atoms with Gasteiger partial charge in [0.1, 0.15) is 11.6 Å². The van der Waals surface area contributed by atoms with Crippen LogP contribution in [0.3, 0.4) is 0 Å². The molecular weight excluding hydrogens is 304 g/mol. The van der Waals surface area contributed by atoms with E-state index in [0.717, 1.165) is 44.0 Å². The molecule has 6 heteroatoms. The Morgan fingerprint density at radius 2 is 2.08 bits per heavy atom. The molecule has 1 unspecified atom stereocenters. The predicted molar refractivity (Wildman–Crippen MR) is 94.5 cm³/mol. The zero-order valence-electron chi connectivity index (χ0n) is 14.0. The van der Waals surface area contributed by atoms with Gasteiger partial charge in [-0.2, -0.15) is 5.10 Å². The lowest BCUT2D eigenvalue weighted by atomic mass is 10.0. The molecule has 0 spiro atoms. The van der Waals surface area contributed by atoms with E-state index < -0.39 is 0 Å². The predicted octanol–water partition coefficient (Wildman–Crippen LogP) is 1.93. The molecule has 24 heavy (non-hydrogen) atoms. The van der Waals surface area contributed by atoms with E-state index in [1.165, 1.54) is 12.0 Å². The van der Waals surface area contributed by atoms with Gasteiger partial charge in [0, 0.05) is 31.7 Å². The molecule has 1 saturated heterocycles. The Kier molecular flexibility index (Phi) is 5.48. The van der Waals surface area contributed by atoms with Crippen molar-refractivity contribution in [2.45, 2.75) is 31.8 Å². The van der Waals surface area contributed by atoms with Gasteiger partial charge < -0.3 is 15.0 Å². The average Bonchev–Trinajstić information content (AvgIpc) is 2.63. The Bertz CT molecular complexity index is 678. The maximum absolute atomic E-state index is 11.2. The molecule has 1 aromatic carbocycles. The Morgan fingerprint density at radius 3 is 2.79 bits per heavy atom. The summed E-state index contributed by atoms with van der Waals surface area (Å²) >= 11 is 0. The first-order valence-corrected chi connectivity index (χ1v) is 8.42. The lowest BCUT2D eigenvalue weighted by Gasteiger charge is -2.36. The third-order valence-electron chi connectivity index (χ3n) is 4.45. The summed E-state index contributed by atoms with van der Waals surface area (Å²) in [4.78, 5) is 13.5. The quantitative estimate of drug-likeness (QED) is 0.848. The molecule has 0 amide bonds. The fraction of sp³-hybridized carbons (Fsp3) is 0.444. The van der Waals surface area contributed by atoms with E-state index in [1.807, 2.05) is 12.1 Å². The number of anilines is 1. The Morgan fingerprint density at radius 1 is 1.25 bits per heavy atom. The van der Waals surface area contributed by atoms with E-state index in [1.54, 1.807) is 19.2 Å². The van der Waals surface area contributed by atoms with Crippen molar-refractivity contribution < 1.29 is 4.74 Å². The zero-order valence-corrected chi connectivity index (χ0v) is 14.0. The normalized spacial score (nSPS) is 17.7.